The minimum absolute atomic E-state index is 0.165. The third-order valence-electron chi connectivity index (χ3n) is 3.14. The van der Waals surface area contributed by atoms with Crippen LogP contribution < -0.4 is 15.8 Å². The number of anilines is 2. The van der Waals surface area contributed by atoms with Gasteiger partial charge in [0.1, 0.15) is 0 Å². The normalized spacial score (nSPS) is 10.3. The van der Waals surface area contributed by atoms with Crippen LogP contribution in [0.1, 0.15) is 18.2 Å². The lowest BCUT2D eigenvalue weighted by molar-refractivity contribution is 0.387. The van der Waals surface area contributed by atoms with Gasteiger partial charge in [-0.25, -0.2) is 4.39 Å². The van der Waals surface area contributed by atoms with Crippen molar-refractivity contribution < 1.29 is 9.13 Å². The second-order valence-electron chi connectivity index (χ2n) is 4.39. The molecule has 0 fully saturated rings. The molecule has 0 bridgehead atoms. The number of benzene rings is 1. The van der Waals surface area contributed by atoms with E-state index in [4.69, 9.17) is 10.5 Å². The number of methoxy groups -OCH3 is 1. The van der Waals surface area contributed by atoms with Crippen LogP contribution in [0.25, 0.3) is 0 Å². The summed E-state index contributed by atoms with van der Waals surface area (Å²) in [5, 5.41) is 3.17. The molecular formula is C15H18FN3O. The quantitative estimate of drug-likeness (QED) is 0.824. The van der Waals surface area contributed by atoms with Gasteiger partial charge in [-0.2, -0.15) is 0 Å². The van der Waals surface area contributed by atoms with Crippen molar-refractivity contribution in [3.8, 4) is 5.75 Å². The second kappa shape index (κ2) is 6.23. The highest BCUT2D eigenvalue weighted by molar-refractivity contribution is 5.68. The summed E-state index contributed by atoms with van der Waals surface area (Å²) in [6, 6.07) is 6.76. The lowest BCUT2D eigenvalue weighted by atomic mass is 10.1. The third kappa shape index (κ3) is 2.99. The highest BCUT2D eigenvalue weighted by Crippen LogP contribution is 2.28. The van der Waals surface area contributed by atoms with Gasteiger partial charge in [0, 0.05) is 18.3 Å². The summed E-state index contributed by atoms with van der Waals surface area (Å²) in [6.45, 7) is 2.61. The Morgan fingerprint density at radius 2 is 2.20 bits per heavy atom. The SMILES string of the molecule is CCc1cccnc1CNc1cc(OC)c(F)cc1N. The fourth-order valence-electron chi connectivity index (χ4n) is 2.01. The van der Waals surface area contributed by atoms with Crippen LogP contribution in [0.4, 0.5) is 15.8 Å². The number of halogens is 1. The number of rotatable bonds is 5. The minimum Gasteiger partial charge on any atom is -0.494 e. The molecule has 0 radical (unpaired) electrons. The van der Waals surface area contributed by atoms with Crippen molar-refractivity contribution >= 4 is 11.4 Å². The van der Waals surface area contributed by atoms with Crippen LogP contribution in [0.2, 0.25) is 0 Å². The van der Waals surface area contributed by atoms with Gasteiger partial charge >= 0.3 is 0 Å². The number of pyridine rings is 1. The van der Waals surface area contributed by atoms with Gasteiger partial charge in [0.15, 0.2) is 11.6 Å². The summed E-state index contributed by atoms with van der Waals surface area (Å²) in [4.78, 5) is 4.35. The van der Waals surface area contributed by atoms with Crippen molar-refractivity contribution in [1.82, 2.24) is 4.98 Å². The predicted molar refractivity (Wildman–Crippen MR) is 78.3 cm³/mol. The molecule has 5 heteroatoms. The summed E-state index contributed by atoms with van der Waals surface area (Å²) >= 11 is 0. The molecule has 0 aliphatic carbocycles. The van der Waals surface area contributed by atoms with E-state index in [1.807, 2.05) is 12.1 Å². The van der Waals surface area contributed by atoms with E-state index in [0.29, 0.717) is 17.9 Å². The number of hydrogen-bond donors (Lipinski definition) is 2. The van der Waals surface area contributed by atoms with Crippen LogP contribution >= 0.6 is 0 Å². The molecule has 0 aliphatic heterocycles. The number of hydrogen-bond acceptors (Lipinski definition) is 4. The molecule has 106 valence electrons. The van der Waals surface area contributed by atoms with Crippen LogP contribution in [-0.2, 0) is 13.0 Å². The average Bonchev–Trinajstić information content (AvgIpc) is 2.46. The molecule has 0 spiro atoms. The number of nitrogens with zero attached hydrogens (tertiary/aromatic N) is 1. The van der Waals surface area contributed by atoms with Gasteiger partial charge in [0.05, 0.1) is 30.7 Å². The highest BCUT2D eigenvalue weighted by Gasteiger charge is 2.09. The van der Waals surface area contributed by atoms with Gasteiger partial charge in [-0.1, -0.05) is 13.0 Å². The summed E-state index contributed by atoms with van der Waals surface area (Å²) < 4.78 is 18.4. The van der Waals surface area contributed by atoms with Crippen molar-refractivity contribution in [1.29, 1.82) is 0 Å². The Morgan fingerprint density at radius 3 is 2.90 bits per heavy atom. The number of ether oxygens (including phenoxy) is 1. The Morgan fingerprint density at radius 1 is 1.40 bits per heavy atom. The van der Waals surface area contributed by atoms with Gasteiger partial charge in [-0.3, -0.25) is 4.98 Å². The second-order valence-corrected chi connectivity index (χ2v) is 4.39. The maximum absolute atomic E-state index is 13.5. The first-order chi connectivity index (χ1) is 9.65. The Bertz CT molecular complexity index is 602. The Labute approximate surface area is 117 Å². The monoisotopic (exact) mass is 275 g/mol. The van der Waals surface area contributed by atoms with Crippen LogP contribution in [0.15, 0.2) is 30.5 Å². The molecule has 0 saturated carbocycles. The first-order valence-corrected chi connectivity index (χ1v) is 6.45. The standard InChI is InChI=1S/C15H18FN3O/c1-3-10-5-4-6-18-14(10)9-19-13-8-15(20-2)11(16)7-12(13)17/h4-8,19H,3,9,17H2,1-2H3. The smallest absolute Gasteiger partial charge is 0.167 e. The molecule has 0 atom stereocenters. The number of nitrogens with one attached hydrogen (secondary N) is 1. The van der Waals surface area contributed by atoms with Crippen molar-refractivity contribution in [2.75, 3.05) is 18.2 Å². The Balaban J connectivity index is 2.18. The average molecular weight is 275 g/mol. The first kappa shape index (κ1) is 14.1. The summed E-state index contributed by atoms with van der Waals surface area (Å²) in [7, 11) is 1.42. The van der Waals surface area contributed by atoms with Gasteiger partial charge in [0.25, 0.3) is 0 Å². The summed E-state index contributed by atoms with van der Waals surface area (Å²) in [5.74, 6) is -0.305. The maximum Gasteiger partial charge on any atom is 0.167 e. The molecule has 1 aromatic carbocycles. The number of aromatic nitrogens is 1. The Hall–Kier alpha value is -2.30. The van der Waals surface area contributed by atoms with Gasteiger partial charge in [0.2, 0.25) is 0 Å². The zero-order valence-electron chi connectivity index (χ0n) is 11.6. The molecule has 0 aliphatic rings. The first-order valence-electron chi connectivity index (χ1n) is 6.45. The number of aryl methyl sites for hydroxylation is 1. The van der Waals surface area contributed by atoms with E-state index in [0.717, 1.165) is 12.1 Å². The van der Waals surface area contributed by atoms with Crippen molar-refractivity contribution in [3.63, 3.8) is 0 Å². The minimum atomic E-state index is -0.470. The molecule has 0 unspecified atom stereocenters. The molecule has 3 N–H and O–H groups in total. The molecule has 4 nitrogen and oxygen atoms in total. The molecule has 1 heterocycles. The van der Waals surface area contributed by atoms with Crippen LogP contribution in [0, 0.1) is 5.82 Å². The zero-order chi connectivity index (χ0) is 14.5. The number of nitrogens with two attached hydrogens (primary N) is 1. The summed E-state index contributed by atoms with van der Waals surface area (Å²) in [6.07, 6.45) is 2.66. The van der Waals surface area contributed by atoms with E-state index in [2.05, 4.69) is 17.2 Å². The van der Waals surface area contributed by atoms with E-state index in [1.165, 1.54) is 18.7 Å². The number of nitrogen functional groups attached to an aromatic ring is 1. The van der Waals surface area contributed by atoms with Gasteiger partial charge < -0.3 is 15.8 Å². The van der Waals surface area contributed by atoms with E-state index in [-0.39, 0.29) is 5.75 Å². The topological polar surface area (TPSA) is 60.2 Å². The molecule has 20 heavy (non-hydrogen) atoms. The fourth-order valence-corrected chi connectivity index (χ4v) is 2.01. The largest absolute Gasteiger partial charge is 0.494 e. The van der Waals surface area contributed by atoms with Crippen LogP contribution in [0.3, 0.4) is 0 Å². The van der Waals surface area contributed by atoms with E-state index >= 15 is 0 Å². The third-order valence-corrected chi connectivity index (χ3v) is 3.14. The van der Waals surface area contributed by atoms with E-state index in [9.17, 15) is 4.39 Å². The molecule has 2 aromatic rings. The van der Waals surface area contributed by atoms with Crippen molar-refractivity contribution in [3.05, 3.63) is 47.5 Å². The van der Waals surface area contributed by atoms with Gasteiger partial charge in [-0.05, 0) is 18.1 Å². The molecule has 0 amide bonds. The molecule has 2 rings (SSSR count). The van der Waals surface area contributed by atoms with Crippen molar-refractivity contribution in [2.24, 2.45) is 0 Å². The van der Waals surface area contributed by atoms with Crippen molar-refractivity contribution in [2.45, 2.75) is 19.9 Å². The molecule has 1 aromatic heterocycles. The maximum atomic E-state index is 13.5. The van der Waals surface area contributed by atoms with Crippen LogP contribution in [0.5, 0.6) is 5.75 Å². The highest BCUT2D eigenvalue weighted by atomic mass is 19.1. The van der Waals surface area contributed by atoms with E-state index < -0.39 is 5.82 Å². The molecule has 0 saturated heterocycles. The summed E-state index contributed by atoms with van der Waals surface area (Å²) in [5.41, 5.74) is 8.91. The zero-order valence-corrected chi connectivity index (χ0v) is 11.6. The lowest BCUT2D eigenvalue weighted by Crippen LogP contribution is -2.07. The predicted octanol–water partition coefficient (Wildman–Crippen LogP) is 2.99. The molecular weight excluding hydrogens is 257 g/mol. The van der Waals surface area contributed by atoms with E-state index in [1.54, 1.807) is 12.3 Å². The fraction of sp³-hybridized carbons (Fsp3) is 0.267. The van der Waals surface area contributed by atoms with Crippen LogP contribution in [-0.4, -0.2) is 12.1 Å². The lowest BCUT2D eigenvalue weighted by Gasteiger charge is -2.13. The van der Waals surface area contributed by atoms with Gasteiger partial charge in [-0.15, -0.1) is 0 Å². The Kier molecular flexibility index (Phi) is 4.40.